The number of pyridine rings is 1. The van der Waals surface area contributed by atoms with Gasteiger partial charge < -0.3 is 14.1 Å². The molecule has 0 atom stereocenters. The van der Waals surface area contributed by atoms with Gasteiger partial charge in [-0.25, -0.2) is 0 Å². The minimum Gasteiger partial charge on any atom is -0.472 e. The minimum atomic E-state index is 0.770. The fourth-order valence-electron chi connectivity index (χ4n) is 2.38. The molecule has 0 aromatic carbocycles. The van der Waals surface area contributed by atoms with E-state index in [1.807, 2.05) is 12.3 Å². The van der Waals surface area contributed by atoms with Gasteiger partial charge in [0.1, 0.15) is 16.0 Å². The van der Waals surface area contributed by atoms with Gasteiger partial charge in [-0.2, -0.15) is 4.37 Å². The maximum absolute atomic E-state index is 5.39. The van der Waals surface area contributed by atoms with Gasteiger partial charge in [0.05, 0.1) is 25.7 Å². The predicted octanol–water partition coefficient (Wildman–Crippen LogP) is 2.79. The van der Waals surface area contributed by atoms with Crippen LogP contribution < -0.4 is 4.90 Å². The van der Waals surface area contributed by atoms with Crippen molar-refractivity contribution in [1.29, 1.82) is 0 Å². The van der Waals surface area contributed by atoms with Crippen molar-refractivity contribution < 1.29 is 9.15 Å². The fourth-order valence-corrected chi connectivity index (χ4v) is 3.25. The molecule has 4 rings (SSSR count). The van der Waals surface area contributed by atoms with Crippen molar-refractivity contribution in [2.24, 2.45) is 0 Å². The van der Waals surface area contributed by atoms with Gasteiger partial charge in [0.2, 0.25) is 0 Å². The molecule has 0 bridgehead atoms. The number of furan rings is 1. The molecule has 0 radical (unpaired) electrons. The van der Waals surface area contributed by atoms with Crippen molar-refractivity contribution in [1.82, 2.24) is 9.36 Å². The summed E-state index contributed by atoms with van der Waals surface area (Å²) in [5, 5.41) is 1.14. The van der Waals surface area contributed by atoms with E-state index in [4.69, 9.17) is 9.15 Å². The molecule has 0 spiro atoms. The molecule has 1 saturated heterocycles. The minimum absolute atomic E-state index is 0.770. The largest absolute Gasteiger partial charge is 0.472 e. The maximum atomic E-state index is 5.39. The molecular weight excluding hydrogens is 274 g/mol. The molecule has 3 aromatic heterocycles. The summed E-state index contributed by atoms with van der Waals surface area (Å²) in [7, 11) is 0. The summed E-state index contributed by atoms with van der Waals surface area (Å²) < 4.78 is 15.0. The zero-order chi connectivity index (χ0) is 13.4. The number of fused-ring (bicyclic) bond motifs is 1. The van der Waals surface area contributed by atoms with E-state index in [1.165, 1.54) is 11.5 Å². The number of nitrogens with zero attached hydrogens (tertiary/aromatic N) is 3. The van der Waals surface area contributed by atoms with Gasteiger partial charge in [-0.3, -0.25) is 4.98 Å². The van der Waals surface area contributed by atoms with Gasteiger partial charge in [-0.05, 0) is 23.7 Å². The van der Waals surface area contributed by atoms with E-state index in [1.54, 1.807) is 12.5 Å². The lowest BCUT2D eigenvalue weighted by atomic mass is 10.1. The van der Waals surface area contributed by atoms with Crippen molar-refractivity contribution in [2.45, 2.75) is 0 Å². The van der Waals surface area contributed by atoms with Crippen LogP contribution in [0.4, 0.5) is 5.00 Å². The van der Waals surface area contributed by atoms with E-state index in [0.717, 1.165) is 53.5 Å². The summed E-state index contributed by atoms with van der Waals surface area (Å²) in [5.41, 5.74) is 3.98. The van der Waals surface area contributed by atoms with Crippen LogP contribution in [0.25, 0.3) is 22.2 Å². The molecule has 1 aliphatic heterocycles. The molecule has 6 heteroatoms. The second kappa shape index (κ2) is 4.88. The summed E-state index contributed by atoms with van der Waals surface area (Å²) in [6.07, 6.45) is 5.27. The van der Waals surface area contributed by atoms with Crippen LogP contribution >= 0.6 is 11.5 Å². The number of rotatable bonds is 2. The van der Waals surface area contributed by atoms with Crippen LogP contribution in [-0.2, 0) is 4.74 Å². The van der Waals surface area contributed by atoms with Gasteiger partial charge in [-0.15, -0.1) is 0 Å². The Morgan fingerprint density at radius 2 is 2.10 bits per heavy atom. The number of hydrogen-bond acceptors (Lipinski definition) is 6. The standard InChI is InChI=1S/C14H13N3O2S/c1-4-19-9-10(1)11-7-12-13(15-8-11)14(20-16-12)17-2-5-18-6-3-17/h1,4,7-9H,2-3,5-6H2. The Morgan fingerprint density at radius 1 is 1.20 bits per heavy atom. The summed E-state index contributed by atoms with van der Waals surface area (Å²) in [5.74, 6) is 0. The SMILES string of the molecule is c1cc(-c2cnc3c(N4CCOCC4)snc3c2)co1. The van der Waals surface area contributed by atoms with Crippen LogP contribution in [-0.4, -0.2) is 35.7 Å². The average molecular weight is 287 g/mol. The van der Waals surface area contributed by atoms with Crippen molar-refractivity contribution in [3.63, 3.8) is 0 Å². The highest BCUT2D eigenvalue weighted by molar-refractivity contribution is 7.11. The first kappa shape index (κ1) is 11.9. The first-order chi connectivity index (χ1) is 9.92. The third kappa shape index (κ3) is 1.97. The Labute approximate surface area is 120 Å². The monoisotopic (exact) mass is 287 g/mol. The summed E-state index contributed by atoms with van der Waals surface area (Å²) in [4.78, 5) is 6.90. The highest BCUT2D eigenvalue weighted by Crippen LogP contribution is 2.32. The maximum Gasteiger partial charge on any atom is 0.138 e. The molecule has 0 aliphatic carbocycles. The fraction of sp³-hybridized carbons (Fsp3) is 0.286. The van der Waals surface area contributed by atoms with Crippen LogP contribution in [0.3, 0.4) is 0 Å². The van der Waals surface area contributed by atoms with Gasteiger partial charge in [0, 0.05) is 30.4 Å². The van der Waals surface area contributed by atoms with E-state index in [9.17, 15) is 0 Å². The van der Waals surface area contributed by atoms with E-state index < -0.39 is 0 Å². The molecule has 0 unspecified atom stereocenters. The van der Waals surface area contributed by atoms with Gasteiger partial charge >= 0.3 is 0 Å². The van der Waals surface area contributed by atoms with Crippen LogP contribution in [0.2, 0.25) is 0 Å². The van der Waals surface area contributed by atoms with Crippen molar-refractivity contribution >= 4 is 27.6 Å². The van der Waals surface area contributed by atoms with E-state index in [0.29, 0.717) is 0 Å². The molecule has 0 saturated carbocycles. The number of aromatic nitrogens is 2. The summed E-state index contributed by atoms with van der Waals surface area (Å²) >= 11 is 1.51. The molecule has 102 valence electrons. The second-order valence-corrected chi connectivity index (χ2v) is 5.44. The number of anilines is 1. The molecular formula is C14H13N3O2S. The normalized spacial score (nSPS) is 15.9. The lowest BCUT2D eigenvalue weighted by Crippen LogP contribution is -2.35. The molecule has 1 fully saturated rings. The average Bonchev–Trinajstić information content (AvgIpc) is 3.17. The second-order valence-electron chi connectivity index (χ2n) is 4.69. The predicted molar refractivity (Wildman–Crippen MR) is 78.1 cm³/mol. The summed E-state index contributed by atoms with van der Waals surface area (Å²) in [6.45, 7) is 3.35. The Hall–Kier alpha value is -1.92. The Bertz CT molecular complexity index is 717. The summed E-state index contributed by atoms with van der Waals surface area (Å²) in [6, 6.07) is 3.99. The highest BCUT2D eigenvalue weighted by Gasteiger charge is 2.18. The Balaban J connectivity index is 1.74. The first-order valence-corrected chi connectivity index (χ1v) is 7.30. The lowest BCUT2D eigenvalue weighted by Gasteiger charge is -2.26. The highest BCUT2D eigenvalue weighted by atomic mass is 32.1. The number of hydrogen-bond donors (Lipinski definition) is 0. The zero-order valence-electron chi connectivity index (χ0n) is 10.8. The smallest absolute Gasteiger partial charge is 0.138 e. The van der Waals surface area contributed by atoms with Crippen LogP contribution in [0.15, 0.2) is 35.3 Å². The van der Waals surface area contributed by atoms with E-state index >= 15 is 0 Å². The Morgan fingerprint density at radius 3 is 2.90 bits per heavy atom. The quantitative estimate of drug-likeness (QED) is 0.725. The van der Waals surface area contributed by atoms with E-state index in [-0.39, 0.29) is 0 Å². The van der Waals surface area contributed by atoms with Crippen molar-refractivity contribution in [3.05, 3.63) is 30.9 Å². The molecule has 0 N–H and O–H groups in total. The molecule has 4 heterocycles. The van der Waals surface area contributed by atoms with Crippen molar-refractivity contribution in [2.75, 3.05) is 31.2 Å². The molecule has 5 nitrogen and oxygen atoms in total. The van der Waals surface area contributed by atoms with Gasteiger partial charge in [-0.1, -0.05) is 0 Å². The third-order valence-corrected chi connectivity index (χ3v) is 4.37. The van der Waals surface area contributed by atoms with E-state index in [2.05, 4.69) is 20.3 Å². The number of ether oxygens (including phenoxy) is 1. The number of morpholine rings is 1. The van der Waals surface area contributed by atoms with Crippen LogP contribution in [0, 0.1) is 0 Å². The third-order valence-electron chi connectivity index (χ3n) is 3.45. The van der Waals surface area contributed by atoms with Gasteiger partial charge in [0.25, 0.3) is 0 Å². The molecule has 0 amide bonds. The molecule has 3 aromatic rings. The van der Waals surface area contributed by atoms with Crippen LogP contribution in [0.1, 0.15) is 0 Å². The first-order valence-electron chi connectivity index (χ1n) is 6.52. The molecule has 20 heavy (non-hydrogen) atoms. The van der Waals surface area contributed by atoms with Gasteiger partial charge in [0.15, 0.2) is 0 Å². The Kier molecular flexibility index (Phi) is 2.90. The topological polar surface area (TPSA) is 51.4 Å². The molecule has 1 aliphatic rings. The lowest BCUT2D eigenvalue weighted by molar-refractivity contribution is 0.123. The zero-order valence-corrected chi connectivity index (χ0v) is 11.6. The van der Waals surface area contributed by atoms with Crippen molar-refractivity contribution in [3.8, 4) is 11.1 Å². The van der Waals surface area contributed by atoms with Crippen LogP contribution in [0.5, 0.6) is 0 Å².